The van der Waals surface area contributed by atoms with Gasteiger partial charge >= 0.3 is 5.97 Å². The van der Waals surface area contributed by atoms with Gasteiger partial charge in [-0.15, -0.1) is 0 Å². The highest BCUT2D eigenvalue weighted by Gasteiger charge is 2.22. The maximum absolute atomic E-state index is 11.8. The van der Waals surface area contributed by atoms with Crippen LogP contribution < -0.4 is 0 Å². The fourth-order valence-electron chi connectivity index (χ4n) is 2.31. The highest BCUT2D eigenvalue weighted by molar-refractivity contribution is 5.75. The van der Waals surface area contributed by atoms with E-state index in [2.05, 4.69) is 6.92 Å². The first-order valence-electron chi connectivity index (χ1n) is 8.04. The number of esters is 1. The number of hydrogen-bond donors (Lipinski definition) is 1. The van der Waals surface area contributed by atoms with Gasteiger partial charge in [0.1, 0.15) is 6.04 Å². The summed E-state index contributed by atoms with van der Waals surface area (Å²) in [4.78, 5) is 13.7. The monoisotopic (exact) mass is 287 g/mol. The Labute approximate surface area is 124 Å². The third-order valence-corrected chi connectivity index (χ3v) is 3.51. The van der Waals surface area contributed by atoms with Crippen molar-refractivity contribution in [1.82, 2.24) is 4.90 Å². The first kappa shape index (κ1) is 19.4. The number of aliphatic hydroxyl groups excluding tert-OH is 1. The molecule has 0 bridgehead atoms. The predicted molar refractivity (Wildman–Crippen MR) is 82.5 cm³/mol. The second-order valence-electron chi connectivity index (χ2n) is 5.78. The molecule has 0 aromatic rings. The minimum atomic E-state index is -1.02. The van der Waals surface area contributed by atoms with Crippen molar-refractivity contribution in [2.24, 2.45) is 0 Å². The molecule has 0 aliphatic carbocycles. The minimum absolute atomic E-state index is 0.246. The maximum atomic E-state index is 11.8. The fourth-order valence-corrected chi connectivity index (χ4v) is 2.31. The molecule has 120 valence electrons. The first-order valence-corrected chi connectivity index (χ1v) is 8.04. The van der Waals surface area contributed by atoms with Crippen LogP contribution in [0.1, 0.15) is 71.6 Å². The SMILES string of the molecule is CCCCCCCCCCC(C(=O)OC(C)O)N(C)C. The molecule has 4 nitrogen and oxygen atoms in total. The number of aliphatic hydroxyl groups is 1. The third kappa shape index (κ3) is 10.2. The van der Waals surface area contributed by atoms with Crippen LogP contribution in [0.3, 0.4) is 0 Å². The smallest absolute Gasteiger partial charge is 0.325 e. The van der Waals surface area contributed by atoms with Crippen LogP contribution in [-0.2, 0) is 9.53 Å². The Kier molecular flexibility index (Phi) is 11.8. The van der Waals surface area contributed by atoms with Gasteiger partial charge in [0, 0.05) is 0 Å². The molecule has 0 radical (unpaired) electrons. The quantitative estimate of drug-likeness (QED) is 0.340. The van der Waals surface area contributed by atoms with Gasteiger partial charge in [0.05, 0.1) is 0 Å². The van der Waals surface area contributed by atoms with Crippen LogP contribution in [0.4, 0.5) is 0 Å². The van der Waals surface area contributed by atoms with Crippen LogP contribution in [0.5, 0.6) is 0 Å². The molecule has 0 aliphatic heterocycles. The molecule has 2 unspecified atom stereocenters. The van der Waals surface area contributed by atoms with Gasteiger partial charge in [-0.25, -0.2) is 0 Å². The van der Waals surface area contributed by atoms with Crippen LogP contribution in [0.25, 0.3) is 0 Å². The summed E-state index contributed by atoms with van der Waals surface area (Å²) in [6.45, 7) is 3.69. The van der Waals surface area contributed by atoms with Crippen molar-refractivity contribution < 1.29 is 14.6 Å². The Morgan fingerprint density at radius 1 is 1.05 bits per heavy atom. The van der Waals surface area contributed by atoms with E-state index in [9.17, 15) is 4.79 Å². The zero-order valence-corrected chi connectivity index (χ0v) is 13.7. The number of carbonyl (C=O) groups is 1. The molecule has 2 atom stereocenters. The average molecular weight is 287 g/mol. The van der Waals surface area contributed by atoms with Gasteiger partial charge in [-0.3, -0.25) is 9.69 Å². The Morgan fingerprint density at radius 3 is 2.00 bits per heavy atom. The summed E-state index contributed by atoms with van der Waals surface area (Å²) < 4.78 is 4.87. The van der Waals surface area contributed by atoms with E-state index in [1.807, 2.05) is 19.0 Å². The van der Waals surface area contributed by atoms with Crippen molar-refractivity contribution >= 4 is 5.97 Å². The van der Waals surface area contributed by atoms with E-state index in [-0.39, 0.29) is 12.0 Å². The van der Waals surface area contributed by atoms with E-state index < -0.39 is 6.29 Å². The molecule has 1 N–H and O–H groups in total. The second-order valence-corrected chi connectivity index (χ2v) is 5.78. The van der Waals surface area contributed by atoms with Crippen LogP contribution >= 0.6 is 0 Å². The Hall–Kier alpha value is -0.610. The first-order chi connectivity index (χ1) is 9.49. The Balaban J connectivity index is 3.74. The molecule has 0 aromatic carbocycles. The molecule has 20 heavy (non-hydrogen) atoms. The lowest BCUT2D eigenvalue weighted by Gasteiger charge is -2.23. The van der Waals surface area contributed by atoms with Crippen LogP contribution in [-0.4, -0.2) is 42.4 Å². The van der Waals surface area contributed by atoms with E-state index >= 15 is 0 Å². The number of unbranched alkanes of at least 4 members (excludes halogenated alkanes) is 7. The highest BCUT2D eigenvalue weighted by atomic mass is 16.6. The van der Waals surface area contributed by atoms with Crippen molar-refractivity contribution in [2.45, 2.75) is 84.0 Å². The molecule has 0 spiro atoms. The largest absolute Gasteiger partial charge is 0.435 e. The molecule has 0 aromatic heterocycles. The molecule has 4 heteroatoms. The third-order valence-electron chi connectivity index (χ3n) is 3.51. The van der Waals surface area contributed by atoms with Crippen molar-refractivity contribution in [3.8, 4) is 0 Å². The molecule has 0 saturated carbocycles. The van der Waals surface area contributed by atoms with E-state index in [4.69, 9.17) is 9.84 Å². The summed E-state index contributed by atoms with van der Waals surface area (Å²) in [6.07, 6.45) is 9.82. The minimum Gasteiger partial charge on any atom is -0.435 e. The summed E-state index contributed by atoms with van der Waals surface area (Å²) in [5, 5.41) is 9.10. The van der Waals surface area contributed by atoms with Gasteiger partial charge in [0.2, 0.25) is 0 Å². The van der Waals surface area contributed by atoms with Gasteiger partial charge in [0.15, 0.2) is 6.29 Å². The van der Waals surface area contributed by atoms with Gasteiger partial charge in [-0.1, -0.05) is 58.3 Å². The summed E-state index contributed by atoms with van der Waals surface area (Å²) in [6, 6.07) is -0.246. The highest BCUT2D eigenvalue weighted by Crippen LogP contribution is 2.13. The van der Waals surface area contributed by atoms with Crippen molar-refractivity contribution in [1.29, 1.82) is 0 Å². The summed E-state index contributed by atoms with van der Waals surface area (Å²) in [5.41, 5.74) is 0. The summed E-state index contributed by atoms with van der Waals surface area (Å²) in [7, 11) is 3.75. The van der Waals surface area contributed by atoms with Gasteiger partial charge in [-0.2, -0.15) is 0 Å². The van der Waals surface area contributed by atoms with Crippen molar-refractivity contribution in [2.75, 3.05) is 14.1 Å². The number of likely N-dealkylation sites (N-methyl/N-ethyl adjacent to an activating group) is 1. The second kappa shape index (κ2) is 12.2. The maximum Gasteiger partial charge on any atom is 0.325 e. The summed E-state index contributed by atoms with van der Waals surface area (Å²) >= 11 is 0. The molecular weight excluding hydrogens is 254 g/mol. The Morgan fingerprint density at radius 2 is 1.55 bits per heavy atom. The Bertz CT molecular complexity index is 242. The molecule has 0 fully saturated rings. The normalized spacial score (nSPS) is 14.3. The van der Waals surface area contributed by atoms with Gasteiger partial charge < -0.3 is 9.84 Å². The zero-order valence-electron chi connectivity index (χ0n) is 13.7. The lowest BCUT2D eigenvalue weighted by molar-refractivity contribution is -0.170. The zero-order chi connectivity index (χ0) is 15.4. The fraction of sp³-hybridized carbons (Fsp3) is 0.938. The van der Waals surface area contributed by atoms with E-state index in [0.717, 1.165) is 12.8 Å². The molecule has 0 amide bonds. The molecule has 0 rings (SSSR count). The number of nitrogens with zero attached hydrogens (tertiary/aromatic N) is 1. The van der Waals surface area contributed by atoms with Crippen molar-refractivity contribution in [3.05, 3.63) is 0 Å². The number of hydrogen-bond acceptors (Lipinski definition) is 4. The molecular formula is C16H33NO3. The number of rotatable bonds is 12. The van der Waals surface area contributed by atoms with E-state index in [1.165, 1.54) is 51.9 Å². The van der Waals surface area contributed by atoms with Crippen LogP contribution in [0.2, 0.25) is 0 Å². The van der Waals surface area contributed by atoms with E-state index in [0.29, 0.717) is 0 Å². The molecule has 0 aliphatic rings. The topological polar surface area (TPSA) is 49.8 Å². The summed E-state index contributed by atoms with van der Waals surface area (Å²) in [5.74, 6) is -0.326. The lowest BCUT2D eigenvalue weighted by Crippen LogP contribution is -2.38. The standard InChI is InChI=1S/C16H33NO3/c1-5-6-7-8-9-10-11-12-13-15(17(3)4)16(19)20-14(2)18/h14-15,18H,5-13H2,1-4H3. The molecule has 0 saturated heterocycles. The number of carbonyl (C=O) groups excluding carboxylic acids is 1. The number of ether oxygens (including phenoxy) is 1. The van der Waals surface area contributed by atoms with Gasteiger partial charge in [-0.05, 0) is 27.4 Å². The predicted octanol–water partition coefficient (Wildman–Crippen LogP) is 3.33. The van der Waals surface area contributed by atoms with Crippen LogP contribution in [0.15, 0.2) is 0 Å². The van der Waals surface area contributed by atoms with Crippen molar-refractivity contribution in [3.63, 3.8) is 0 Å². The molecule has 0 heterocycles. The van der Waals surface area contributed by atoms with E-state index in [1.54, 1.807) is 0 Å². The van der Waals surface area contributed by atoms with Crippen LogP contribution in [0, 0.1) is 0 Å². The average Bonchev–Trinajstić information content (AvgIpc) is 2.35. The lowest BCUT2D eigenvalue weighted by atomic mass is 10.0. The van der Waals surface area contributed by atoms with Gasteiger partial charge in [0.25, 0.3) is 0 Å².